The summed E-state index contributed by atoms with van der Waals surface area (Å²) >= 11 is 0. The Balaban J connectivity index is 1.88. The van der Waals surface area contributed by atoms with Crippen molar-refractivity contribution in [2.75, 3.05) is 33.3 Å². The smallest absolute Gasteiger partial charge is 0.118 e. The van der Waals surface area contributed by atoms with Gasteiger partial charge in [0.2, 0.25) is 0 Å². The van der Waals surface area contributed by atoms with Crippen LogP contribution in [0.4, 0.5) is 0 Å². The summed E-state index contributed by atoms with van der Waals surface area (Å²) in [4.78, 5) is 2.45. The number of benzene rings is 1. The van der Waals surface area contributed by atoms with Gasteiger partial charge in [-0.1, -0.05) is 12.1 Å². The van der Waals surface area contributed by atoms with Crippen LogP contribution < -0.4 is 10.5 Å². The summed E-state index contributed by atoms with van der Waals surface area (Å²) < 4.78 is 11.1. The molecule has 0 spiro atoms. The fourth-order valence-corrected chi connectivity index (χ4v) is 2.79. The Hall–Kier alpha value is -1.10. The first-order valence-electron chi connectivity index (χ1n) is 7.25. The third-order valence-electron chi connectivity index (χ3n) is 3.69. The molecule has 4 nitrogen and oxygen atoms in total. The highest BCUT2D eigenvalue weighted by Crippen LogP contribution is 2.21. The second kappa shape index (κ2) is 6.57. The Morgan fingerprint density at radius 3 is 2.65 bits per heavy atom. The Labute approximate surface area is 121 Å². The fraction of sp³-hybridized carbons (Fsp3) is 0.625. The quantitative estimate of drug-likeness (QED) is 0.890. The number of hydrogen-bond acceptors (Lipinski definition) is 4. The number of ether oxygens (including phenoxy) is 2. The van der Waals surface area contributed by atoms with Crippen molar-refractivity contribution in [3.8, 4) is 5.75 Å². The third-order valence-corrected chi connectivity index (χ3v) is 3.69. The Morgan fingerprint density at radius 1 is 1.35 bits per heavy atom. The van der Waals surface area contributed by atoms with Crippen LogP contribution in [0.3, 0.4) is 0 Å². The van der Waals surface area contributed by atoms with Crippen molar-refractivity contribution in [2.45, 2.75) is 32.0 Å². The van der Waals surface area contributed by atoms with E-state index in [4.69, 9.17) is 15.2 Å². The maximum absolute atomic E-state index is 5.95. The molecule has 20 heavy (non-hydrogen) atoms. The van der Waals surface area contributed by atoms with E-state index in [1.54, 1.807) is 7.11 Å². The average Bonchev–Trinajstić information content (AvgIpc) is 2.44. The maximum Gasteiger partial charge on any atom is 0.118 e. The molecule has 0 amide bonds. The van der Waals surface area contributed by atoms with E-state index in [1.807, 2.05) is 12.1 Å². The topological polar surface area (TPSA) is 47.7 Å². The van der Waals surface area contributed by atoms with Gasteiger partial charge in [-0.3, -0.25) is 4.90 Å². The molecule has 1 aromatic carbocycles. The van der Waals surface area contributed by atoms with Gasteiger partial charge in [0, 0.05) is 26.2 Å². The van der Waals surface area contributed by atoms with E-state index in [0.29, 0.717) is 6.54 Å². The SMILES string of the molecule is COc1ccc(CCN2CC(CN)OC(C)(C)C2)cc1. The van der Waals surface area contributed by atoms with Crippen LogP contribution in [0.15, 0.2) is 24.3 Å². The first kappa shape index (κ1) is 15.3. The molecule has 0 bridgehead atoms. The Bertz CT molecular complexity index is 417. The second-order valence-corrected chi connectivity index (χ2v) is 6.07. The Morgan fingerprint density at radius 2 is 2.05 bits per heavy atom. The van der Waals surface area contributed by atoms with Crippen molar-refractivity contribution in [1.82, 2.24) is 4.90 Å². The fourth-order valence-electron chi connectivity index (χ4n) is 2.79. The summed E-state index contributed by atoms with van der Waals surface area (Å²) in [5, 5.41) is 0. The summed E-state index contributed by atoms with van der Waals surface area (Å²) in [6, 6.07) is 8.29. The summed E-state index contributed by atoms with van der Waals surface area (Å²) in [6.45, 7) is 7.78. The molecule has 0 aromatic heterocycles. The highest BCUT2D eigenvalue weighted by atomic mass is 16.5. The summed E-state index contributed by atoms with van der Waals surface area (Å²) in [5.41, 5.74) is 6.98. The molecule has 1 heterocycles. The lowest BCUT2D eigenvalue weighted by Crippen LogP contribution is -2.55. The molecule has 1 aromatic rings. The largest absolute Gasteiger partial charge is 0.497 e. The van der Waals surface area contributed by atoms with E-state index in [0.717, 1.165) is 31.8 Å². The van der Waals surface area contributed by atoms with Crippen molar-refractivity contribution in [1.29, 1.82) is 0 Å². The van der Waals surface area contributed by atoms with E-state index in [2.05, 4.69) is 30.9 Å². The van der Waals surface area contributed by atoms with E-state index in [9.17, 15) is 0 Å². The van der Waals surface area contributed by atoms with Crippen LogP contribution in [0.2, 0.25) is 0 Å². The number of nitrogens with two attached hydrogens (primary N) is 1. The summed E-state index contributed by atoms with van der Waals surface area (Å²) in [6.07, 6.45) is 1.19. The zero-order chi connectivity index (χ0) is 14.6. The van der Waals surface area contributed by atoms with Crippen LogP contribution >= 0.6 is 0 Å². The van der Waals surface area contributed by atoms with E-state index in [-0.39, 0.29) is 11.7 Å². The van der Waals surface area contributed by atoms with Crippen LogP contribution in [-0.4, -0.2) is 49.9 Å². The molecule has 2 N–H and O–H groups in total. The first-order valence-corrected chi connectivity index (χ1v) is 7.25. The standard InChI is InChI=1S/C16H26N2O2/c1-16(2)12-18(11-15(10-17)20-16)9-8-13-4-6-14(19-3)7-5-13/h4-7,15H,8-12,17H2,1-3H3. The van der Waals surface area contributed by atoms with Crippen molar-refractivity contribution < 1.29 is 9.47 Å². The number of hydrogen-bond donors (Lipinski definition) is 1. The molecule has 4 heteroatoms. The van der Waals surface area contributed by atoms with Gasteiger partial charge >= 0.3 is 0 Å². The zero-order valence-corrected chi connectivity index (χ0v) is 12.8. The third kappa shape index (κ3) is 4.20. The monoisotopic (exact) mass is 278 g/mol. The highest BCUT2D eigenvalue weighted by molar-refractivity contribution is 5.27. The van der Waals surface area contributed by atoms with E-state index in [1.165, 1.54) is 5.56 Å². The van der Waals surface area contributed by atoms with Gasteiger partial charge in [-0.2, -0.15) is 0 Å². The van der Waals surface area contributed by atoms with Gasteiger partial charge in [-0.25, -0.2) is 0 Å². The number of methoxy groups -OCH3 is 1. The van der Waals surface area contributed by atoms with Crippen LogP contribution in [0.1, 0.15) is 19.4 Å². The average molecular weight is 278 g/mol. The molecule has 0 saturated carbocycles. The van der Waals surface area contributed by atoms with E-state index < -0.39 is 0 Å². The summed E-state index contributed by atoms with van der Waals surface area (Å²) in [7, 11) is 1.69. The number of rotatable bonds is 5. The predicted octanol–water partition coefficient (Wildman–Crippen LogP) is 1.68. The van der Waals surface area contributed by atoms with Crippen LogP contribution in [-0.2, 0) is 11.2 Å². The molecule has 1 atom stereocenters. The highest BCUT2D eigenvalue weighted by Gasteiger charge is 2.32. The number of nitrogens with zero attached hydrogens (tertiary/aromatic N) is 1. The van der Waals surface area contributed by atoms with Gasteiger partial charge in [-0.15, -0.1) is 0 Å². The van der Waals surface area contributed by atoms with Crippen molar-refractivity contribution in [2.24, 2.45) is 5.73 Å². The minimum atomic E-state index is -0.109. The van der Waals surface area contributed by atoms with Crippen molar-refractivity contribution in [3.63, 3.8) is 0 Å². The van der Waals surface area contributed by atoms with Crippen molar-refractivity contribution >= 4 is 0 Å². The molecular weight excluding hydrogens is 252 g/mol. The molecule has 0 radical (unpaired) electrons. The van der Waals surface area contributed by atoms with Gasteiger partial charge in [-0.05, 0) is 38.0 Å². The predicted molar refractivity (Wildman–Crippen MR) is 81.1 cm³/mol. The van der Waals surface area contributed by atoms with Gasteiger partial charge in [0.05, 0.1) is 18.8 Å². The lowest BCUT2D eigenvalue weighted by atomic mass is 10.0. The van der Waals surface area contributed by atoms with Crippen LogP contribution in [0.5, 0.6) is 5.75 Å². The maximum atomic E-state index is 5.95. The minimum Gasteiger partial charge on any atom is -0.497 e. The minimum absolute atomic E-state index is 0.109. The molecule has 112 valence electrons. The first-order chi connectivity index (χ1) is 9.52. The van der Waals surface area contributed by atoms with Crippen LogP contribution in [0, 0.1) is 0 Å². The molecule has 0 aliphatic carbocycles. The van der Waals surface area contributed by atoms with Gasteiger partial charge in [0.15, 0.2) is 0 Å². The molecule has 1 fully saturated rings. The van der Waals surface area contributed by atoms with Crippen LogP contribution in [0.25, 0.3) is 0 Å². The van der Waals surface area contributed by atoms with Gasteiger partial charge < -0.3 is 15.2 Å². The zero-order valence-electron chi connectivity index (χ0n) is 12.8. The second-order valence-electron chi connectivity index (χ2n) is 6.07. The molecule has 1 saturated heterocycles. The summed E-state index contributed by atoms with van der Waals surface area (Å²) in [5.74, 6) is 0.907. The lowest BCUT2D eigenvalue weighted by Gasteiger charge is -2.42. The van der Waals surface area contributed by atoms with E-state index >= 15 is 0 Å². The van der Waals surface area contributed by atoms with Gasteiger partial charge in [0.25, 0.3) is 0 Å². The van der Waals surface area contributed by atoms with Gasteiger partial charge in [0.1, 0.15) is 5.75 Å². The molecule has 2 rings (SSSR count). The lowest BCUT2D eigenvalue weighted by molar-refractivity contribution is -0.131. The number of morpholine rings is 1. The normalized spacial score (nSPS) is 22.7. The Kier molecular flexibility index (Phi) is 5.02. The molecule has 1 aliphatic rings. The molecular formula is C16H26N2O2. The molecule has 1 aliphatic heterocycles. The molecule has 1 unspecified atom stereocenters. The van der Waals surface area contributed by atoms with Crippen molar-refractivity contribution in [3.05, 3.63) is 29.8 Å².